The molecule has 0 amide bonds. The SMILES string of the molecule is COc1cc(CC(=O)OCCOc2ccc(S(N)(=O)=O)cc2)ccc1C. The lowest BCUT2D eigenvalue weighted by atomic mass is 10.1. The van der Waals surface area contributed by atoms with E-state index in [1.807, 2.05) is 19.1 Å². The summed E-state index contributed by atoms with van der Waals surface area (Å²) in [6.45, 7) is 2.16. The largest absolute Gasteiger partial charge is 0.496 e. The first-order valence-corrected chi connectivity index (χ1v) is 9.39. The van der Waals surface area contributed by atoms with Crippen molar-refractivity contribution >= 4 is 16.0 Å². The smallest absolute Gasteiger partial charge is 0.310 e. The normalized spacial score (nSPS) is 11.0. The zero-order valence-corrected chi connectivity index (χ0v) is 15.4. The van der Waals surface area contributed by atoms with Crippen LogP contribution in [0.4, 0.5) is 0 Å². The monoisotopic (exact) mass is 379 g/mol. The topological polar surface area (TPSA) is 105 Å². The lowest BCUT2D eigenvalue weighted by Gasteiger charge is -2.09. The van der Waals surface area contributed by atoms with Crippen LogP contribution in [-0.4, -0.2) is 34.7 Å². The maximum Gasteiger partial charge on any atom is 0.310 e. The highest BCUT2D eigenvalue weighted by Crippen LogP contribution is 2.19. The molecule has 2 N–H and O–H groups in total. The molecule has 140 valence electrons. The van der Waals surface area contributed by atoms with Crippen LogP contribution in [0, 0.1) is 6.92 Å². The Balaban J connectivity index is 1.76. The van der Waals surface area contributed by atoms with Crippen molar-refractivity contribution in [2.24, 2.45) is 5.14 Å². The molecule has 0 aliphatic heterocycles. The van der Waals surface area contributed by atoms with Crippen LogP contribution in [-0.2, 0) is 26.0 Å². The number of nitrogens with two attached hydrogens (primary N) is 1. The minimum absolute atomic E-state index is 0.00445. The minimum Gasteiger partial charge on any atom is -0.496 e. The number of rotatable bonds is 8. The van der Waals surface area contributed by atoms with E-state index in [-0.39, 0.29) is 30.5 Å². The highest BCUT2D eigenvalue weighted by molar-refractivity contribution is 7.89. The number of sulfonamides is 1. The minimum atomic E-state index is -3.73. The Kier molecular flexibility index (Phi) is 6.59. The van der Waals surface area contributed by atoms with Gasteiger partial charge in [0.05, 0.1) is 18.4 Å². The van der Waals surface area contributed by atoms with Gasteiger partial charge in [-0.05, 0) is 48.4 Å². The summed E-state index contributed by atoms with van der Waals surface area (Å²) in [5.41, 5.74) is 1.79. The molecule has 0 aliphatic rings. The summed E-state index contributed by atoms with van der Waals surface area (Å²) >= 11 is 0. The van der Waals surface area contributed by atoms with Crippen molar-refractivity contribution in [1.82, 2.24) is 0 Å². The molecule has 26 heavy (non-hydrogen) atoms. The van der Waals surface area contributed by atoms with E-state index in [1.54, 1.807) is 13.2 Å². The van der Waals surface area contributed by atoms with Gasteiger partial charge in [-0.25, -0.2) is 13.6 Å². The van der Waals surface area contributed by atoms with E-state index in [1.165, 1.54) is 24.3 Å². The van der Waals surface area contributed by atoms with E-state index >= 15 is 0 Å². The molecule has 0 fully saturated rings. The van der Waals surface area contributed by atoms with Crippen molar-refractivity contribution in [2.75, 3.05) is 20.3 Å². The molecule has 0 bridgehead atoms. The molecule has 7 nitrogen and oxygen atoms in total. The number of hydrogen-bond donors (Lipinski definition) is 1. The van der Waals surface area contributed by atoms with Gasteiger partial charge in [-0.1, -0.05) is 12.1 Å². The Hall–Kier alpha value is -2.58. The molecule has 2 rings (SSSR count). The molecule has 0 aliphatic carbocycles. The number of ether oxygens (including phenoxy) is 3. The molecular formula is C18H21NO6S. The Morgan fingerprint density at radius 2 is 1.77 bits per heavy atom. The molecule has 0 unspecified atom stereocenters. The quantitative estimate of drug-likeness (QED) is 0.554. The second-order valence-electron chi connectivity index (χ2n) is 5.57. The van der Waals surface area contributed by atoms with E-state index in [9.17, 15) is 13.2 Å². The Morgan fingerprint density at radius 3 is 2.38 bits per heavy atom. The Labute approximate surface area is 152 Å². The van der Waals surface area contributed by atoms with Crippen molar-refractivity contribution < 1.29 is 27.4 Å². The van der Waals surface area contributed by atoms with E-state index in [4.69, 9.17) is 19.3 Å². The highest BCUT2D eigenvalue weighted by atomic mass is 32.2. The van der Waals surface area contributed by atoms with Gasteiger partial charge < -0.3 is 14.2 Å². The van der Waals surface area contributed by atoms with Crippen LogP contribution >= 0.6 is 0 Å². The molecule has 0 radical (unpaired) electrons. The fourth-order valence-corrected chi connectivity index (χ4v) is 2.75. The van der Waals surface area contributed by atoms with Crippen molar-refractivity contribution in [3.63, 3.8) is 0 Å². The maximum absolute atomic E-state index is 11.9. The maximum atomic E-state index is 11.9. The van der Waals surface area contributed by atoms with Crippen LogP contribution in [0.3, 0.4) is 0 Å². The first-order valence-electron chi connectivity index (χ1n) is 7.84. The van der Waals surface area contributed by atoms with Gasteiger partial charge in [0.15, 0.2) is 0 Å². The van der Waals surface area contributed by atoms with Crippen LogP contribution in [0.5, 0.6) is 11.5 Å². The number of primary sulfonamides is 1. The third-order valence-electron chi connectivity index (χ3n) is 3.59. The number of carbonyl (C=O) groups is 1. The van der Waals surface area contributed by atoms with Gasteiger partial charge in [-0.15, -0.1) is 0 Å². The lowest BCUT2D eigenvalue weighted by Crippen LogP contribution is -2.14. The van der Waals surface area contributed by atoms with E-state index in [0.717, 1.165) is 16.9 Å². The summed E-state index contributed by atoms with van der Waals surface area (Å²) in [6, 6.07) is 11.2. The number of esters is 1. The van der Waals surface area contributed by atoms with Crippen LogP contribution in [0.25, 0.3) is 0 Å². The molecule has 8 heteroatoms. The molecule has 0 spiro atoms. The second kappa shape index (κ2) is 8.68. The average molecular weight is 379 g/mol. The second-order valence-corrected chi connectivity index (χ2v) is 7.13. The van der Waals surface area contributed by atoms with Crippen LogP contribution in [0.2, 0.25) is 0 Å². The van der Waals surface area contributed by atoms with E-state index in [0.29, 0.717) is 5.75 Å². The molecule has 2 aromatic rings. The summed E-state index contributed by atoms with van der Waals surface area (Å²) in [7, 11) is -2.15. The summed E-state index contributed by atoms with van der Waals surface area (Å²) in [5.74, 6) is 0.808. The molecule has 0 saturated heterocycles. The number of benzene rings is 2. The zero-order valence-electron chi connectivity index (χ0n) is 14.6. The molecule has 0 atom stereocenters. The number of carbonyl (C=O) groups excluding carboxylic acids is 1. The van der Waals surface area contributed by atoms with Gasteiger partial charge in [-0.2, -0.15) is 0 Å². The first kappa shape index (κ1) is 19.7. The standard InChI is InChI=1S/C18H21NO6S/c1-13-3-4-14(11-17(13)23-2)12-18(20)25-10-9-24-15-5-7-16(8-6-15)26(19,21)22/h3-8,11H,9-10,12H2,1-2H3,(H2,19,21,22). The van der Waals surface area contributed by atoms with Gasteiger partial charge in [-0.3, -0.25) is 4.79 Å². The van der Waals surface area contributed by atoms with Gasteiger partial charge in [0.25, 0.3) is 0 Å². The van der Waals surface area contributed by atoms with Crippen molar-refractivity contribution in [2.45, 2.75) is 18.2 Å². The van der Waals surface area contributed by atoms with Gasteiger partial charge in [0.2, 0.25) is 10.0 Å². The molecule has 2 aromatic carbocycles. The number of hydrogen-bond acceptors (Lipinski definition) is 6. The molecule has 0 heterocycles. The predicted molar refractivity (Wildman–Crippen MR) is 95.7 cm³/mol. The van der Waals surface area contributed by atoms with Crippen LogP contribution in [0.15, 0.2) is 47.4 Å². The van der Waals surface area contributed by atoms with Crippen LogP contribution < -0.4 is 14.6 Å². The average Bonchev–Trinajstić information content (AvgIpc) is 2.60. The number of aryl methyl sites for hydroxylation is 1. The lowest BCUT2D eigenvalue weighted by molar-refractivity contribution is -0.143. The first-order chi connectivity index (χ1) is 12.3. The predicted octanol–water partition coefficient (Wildman–Crippen LogP) is 1.82. The van der Waals surface area contributed by atoms with Gasteiger partial charge in [0, 0.05) is 0 Å². The summed E-state index contributed by atoms with van der Waals surface area (Å²) in [5, 5.41) is 5.02. The Morgan fingerprint density at radius 1 is 1.08 bits per heavy atom. The zero-order chi connectivity index (χ0) is 19.2. The van der Waals surface area contributed by atoms with E-state index in [2.05, 4.69) is 0 Å². The van der Waals surface area contributed by atoms with Crippen LogP contribution in [0.1, 0.15) is 11.1 Å². The summed E-state index contributed by atoms with van der Waals surface area (Å²) in [4.78, 5) is 11.9. The third kappa shape index (κ3) is 5.75. The van der Waals surface area contributed by atoms with Crippen molar-refractivity contribution in [3.05, 3.63) is 53.6 Å². The molecular weight excluding hydrogens is 358 g/mol. The van der Waals surface area contributed by atoms with Gasteiger partial charge in [0.1, 0.15) is 24.7 Å². The fourth-order valence-electron chi connectivity index (χ4n) is 2.23. The summed E-state index contributed by atoms with van der Waals surface area (Å²) in [6.07, 6.45) is 0.139. The van der Waals surface area contributed by atoms with E-state index < -0.39 is 10.0 Å². The molecule has 0 saturated carbocycles. The fraction of sp³-hybridized carbons (Fsp3) is 0.278. The molecule has 0 aromatic heterocycles. The highest BCUT2D eigenvalue weighted by Gasteiger charge is 2.09. The summed E-state index contributed by atoms with van der Waals surface area (Å²) < 4.78 is 38.1. The van der Waals surface area contributed by atoms with Crippen molar-refractivity contribution in [3.8, 4) is 11.5 Å². The third-order valence-corrected chi connectivity index (χ3v) is 4.52. The number of methoxy groups -OCH3 is 1. The van der Waals surface area contributed by atoms with Gasteiger partial charge >= 0.3 is 5.97 Å². The Bertz CT molecular complexity index is 862. The van der Waals surface area contributed by atoms with Crippen molar-refractivity contribution in [1.29, 1.82) is 0 Å².